The van der Waals surface area contributed by atoms with Gasteiger partial charge in [0.1, 0.15) is 0 Å². The SMILES string of the molecule is CCCCCCCC/C=C\CCCCCCCC(=O)OCCCCCCCCCCCCCCCCCCCCCCCCCCCCC. The number of carbonyl (C=O) groups excluding carboxylic acids is 1. The van der Waals surface area contributed by atoms with Crippen molar-refractivity contribution in [3.8, 4) is 0 Å². The van der Waals surface area contributed by atoms with Gasteiger partial charge in [0.05, 0.1) is 6.61 Å². The van der Waals surface area contributed by atoms with Crippen LogP contribution in [0.2, 0.25) is 0 Å². The molecule has 292 valence electrons. The first kappa shape index (κ1) is 48.2. The first-order valence-electron chi connectivity index (χ1n) is 23.1. The molecule has 0 radical (unpaired) electrons. The molecule has 0 aliphatic carbocycles. The Balaban J connectivity index is 3.16. The van der Waals surface area contributed by atoms with E-state index in [0.29, 0.717) is 13.0 Å². The van der Waals surface area contributed by atoms with Gasteiger partial charge >= 0.3 is 5.97 Å². The summed E-state index contributed by atoms with van der Waals surface area (Å²) in [6, 6.07) is 0. The summed E-state index contributed by atoms with van der Waals surface area (Å²) in [5.74, 6) is 0.0208. The number of unbranched alkanes of at least 4 members (excludes halogenated alkanes) is 37. The van der Waals surface area contributed by atoms with Crippen LogP contribution in [-0.4, -0.2) is 12.6 Å². The van der Waals surface area contributed by atoms with Crippen LogP contribution in [-0.2, 0) is 9.53 Å². The summed E-state index contributed by atoms with van der Waals surface area (Å²) in [6.07, 6.45) is 60.5. The topological polar surface area (TPSA) is 26.3 Å². The second kappa shape index (κ2) is 45.2. The molecule has 0 aliphatic rings. The fourth-order valence-electron chi connectivity index (χ4n) is 7.19. The van der Waals surface area contributed by atoms with Gasteiger partial charge in [-0.3, -0.25) is 4.79 Å². The van der Waals surface area contributed by atoms with Crippen LogP contribution in [0.5, 0.6) is 0 Å². The molecule has 0 fully saturated rings. The highest BCUT2D eigenvalue weighted by molar-refractivity contribution is 5.69. The van der Waals surface area contributed by atoms with E-state index in [1.54, 1.807) is 0 Å². The van der Waals surface area contributed by atoms with E-state index in [9.17, 15) is 4.79 Å². The summed E-state index contributed by atoms with van der Waals surface area (Å²) in [4.78, 5) is 12.0. The zero-order chi connectivity index (χ0) is 35.4. The maximum absolute atomic E-state index is 12.0. The molecule has 0 saturated heterocycles. The number of rotatable bonds is 43. The zero-order valence-corrected chi connectivity index (χ0v) is 34.2. The Kier molecular flexibility index (Phi) is 44.5. The molecule has 0 bridgehead atoms. The third-order valence-electron chi connectivity index (χ3n) is 10.7. The molecule has 0 saturated carbocycles. The lowest BCUT2D eigenvalue weighted by Gasteiger charge is -2.06. The van der Waals surface area contributed by atoms with Crippen molar-refractivity contribution in [1.82, 2.24) is 0 Å². The van der Waals surface area contributed by atoms with Crippen molar-refractivity contribution in [2.24, 2.45) is 0 Å². The molecule has 49 heavy (non-hydrogen) atoms. The second-order valence-electron chi connectivity index (χ2n) is 15.7. The van der Waals surface area contributed by atoms with Gasteiger partial charge in [-0.2, -0.15) is 0 Å². The molecule has 2 nitrogen and oxygen atoms in total. The van der Waals surface area contributed by atoms with E-state index in [1.165, 1.54) is 238 Å². The average Bonchev–Trinajstić information content (AvgIpc) is 3.11. The smallest absolute Gasteiger partial charge is 0.305 e. The van der Waals surface area contributed by atoms with Crippen LogP contribution in [0.1, 0.15) is 277 Å². The standard InChI is InChI=1S/C47H92O2/c1-3-5-7-9-11-13-15-17-19-20-21-22-23-24-25-26-27-28-29-30-32-34-36-38-40-42-44-46-49-47(48)45-43-41-39-37-35-33-31-18-16-14-12-10-8-6-4-2/h18,31H,3-17,19-30,32-46H2,1-2H3/b31-18-. The Labute approximate surface area is 310 Å². The Morgan fingerprint density at radius 2 is 0.571 bits per heavy atom. The van der Waals surface area contributed by atoms with Crippen molar-refractivity contribution < 1.29 is 9.53 Å². The highest BCUT2D eigenvalue weighted by Crippen LogP contribution is 2.16. The third-order valence-corrected chi connectivity index (χ3v) is 10.7. The third kappa shape index (κ3) is 45.2. The first-order chi connectivity index (χ1) is 24.3. The van der Waals surface area contributed by atoms with Crippen molar-refractivity contribution in [3.63, 3.8) is 0 Å². The maximum Gasteiger partial charge on any atom is 0.305 e. The zero-order valence-electron chi connectivity index (χ0n) is 34.2. The Hall–Kier alpha value is -0.790. The molecular weight excluding hydrogens is 597 g/mol. The monoisotopic (exact) mass is 689 g/mol. The number of hydrogen-bond donors (Lipinski definition) is 0. The van der Waals surface area contributed by atoms with Crippen LogP contribution in [0.4, 0.5) is 0 Å². The lowest BCUT2D eigenvalue weighted by molar-refractivity contribution is -0.143. The van der Waals surface area contributed by atoms with Crippen molar-refractivity contribution in [3.05, 3.63) is 12.2 Å². The van der Waals surface area contributed by atoms with Gasteiger partial charge in [0, 0.05) is 6.42 Å². The number of hydrogen-bond acceptors (Lipinski definition) is 2. The van der Waals surface area contributed by atoms with Crippen LogP contribution < -0.4 is 0 Å². The van der Waals surface area contributed by atoms with E-state index >= 15 is 0 Å². The van der Waals surface area contributed by atoms with Gasteiger partial charge in [-0.05, 0) is 38.5 Å². The summed E-state index contributed by atoms with van der Waals surface area (Å²) in [7, 11) is 0. The van der Waals surface area contributed by atoms with Gasteiger partial charge < -0.3 is 4.74 Å². The Bertz CT molecular complexity index is 626. The minimum absolute atomic E-state index is 0.0208. The van der Waals surface area contributed by atoms with Gasteiger partial charge in [-0.25, -0.2) is 0 Å². The van der Waals surface area contributed by atoms with E-state index < -0.39 is 0 Å². The fourth-order valence-corrected chi connectivity index (χ4v) is 7.19. The second-order valence-corrected chi connectivity index (χ2v) is 15.7. The molecule has 0 atom stereocenters. The normalized spacial score (nSPS) is 11.6. The molecular formula is C47H92O2. The van der Waals surface area contributed by atoms with Crippen LogP contribution in [0, 0.1) is 0 Å². The van der Waals surface area contributed by atoms with Crippen molar-refractivity contribution in [2.75, 3.05) is 6.61 Å². The predicted octanol–water partition coefficient (Wildman–Crippen LogP) is 17.1. The molecule has 0 aliphatic heterocycles. The van der Waals surface area contributed by atoms with Gasteiger partial charge in [0.15, 0.2) is 0 Å². The van der Waals surface area contributed by atoms with Crippen molar-refractivity contribution in [1.29, 1.82) is 0 Å². The van der Waals surface area contributed by atoms with Gasteiger partial charge in [-0.15, -0.1) is 0 Å². The van der Waals surface area contributed by atoms with Gasteiger partial charge in [-0.1, -0.05) is 244 Å². The summed E-state index contributed by atoms with van der Waals surface area (Å²) < 4.78 is 5.47. The number of ether oxygens (including phenoxy) is 1. The molecule has 0 unspecified atom stereocenters. The molecule has 0 aromatic rings. The largest absolute Gasteiger partial charge is 0.466 e. The average molecular weight is 689 g/mol. The number of allylic oxidation sites excluding steroid dienone is 2. The molecule has 0 heterocycles. The van der Waals surface area contributed by atoms with Crippen LogP contribution >= 0.6 is 0 Å². The molecule has 0 amide bonds. The van der Waals surface area contributed by atoms with Gasteiger partial charge in [0.25, 0.3) is 0 Å². The lowest BCUT2D eigenvalue weighted by atomic mass is 10.0. The molecule has 0 spiro atoms. The summed E-state index contributed by atoms with van der Waals surface area (Å²) in [5.41, 5.74) is 0. The number of esters is 1. The van der Waals surface area contributed by atoms with Crippen LogP contribution in [0.25, 0.3) is 0 Å². The van der Waals surface area contributed by atoms with E-state index in [0.717, 1.165) is 19.3 Å². The Morgan fingerprint density at radius 1 is 0.327 bits per heavy atom. The summed E-state index contributed by atoms with van der Waals surface area (Å²) in [5, 5.41) is 0. The highest BCUT2D eigenvalue weighted by Gasteiger charge is 2.03. The maximum atomic E-state index is 12.0. The molecule has 0 aromatic heterocycles. The first-order valence-corrected chi connectivity index (χ1v) is 23.1. The summed E-state index contributed by atoms with van der Waals surface area (Å²) >= 11 is 0. The van der Waals surface area contributed by atoms with Crippen LogP contribution in [0.3, 0.4) is 0 Å². The van der Waals surface area contributed by atoms with Crippen molar-refractivity contribution in [2.45, 2.75) is 277 Å². The van der Waals surface area contributed by atoms with Crippen molar-refractivity contribution >= 4 is 5.97 Å². The molecule has 0 rings (SSSR count). The Morgan fingerprint density at radius 3 is 0.878 bits per heavy atom. The highest BCUT2D eigenvalue weighted by atomic mass is 16.5. The van der Waals surface area contributed by atoms with E-state index in [-0.39, 0.29) is 5.97 Å². The van der Waals surface area contributed by atoms with Crippen LogP contribution in [0.15, 0.2) is 12.2 Å². The minimum atomic E-state index is 0.0208. The van der Waals surface area contributed by atoms with E-state index in [2.05, 4.69) is 26.0 Å². The van der Waals surface area contributed by atoms with Gasteiger partial charge in [0.2, 0.25) is 0 Å². The van der Waals surface area contributed by atoms with E-state index in [4.69, 9.17) is 4.74 Å². The number of carbonyl (C=O) groups is 1. The predicted molar refractivity (Wildman–Crippen MR) is 221 cm³/mol. The summed E-state index contributed by atoms with van der Waals surface area (Å²) in [6.45, 7) is 5.21. The quantitative estimate of drug-likeness (QED) is 0.0362. The molecule has 0 N–H and O–H groups in total. The minimum Gasteiger partial charge on any atom is -0.466 e. The molecule has 0 aromatic carbocycles. The lowest BCUT2D eigenvalue weighted by Crippen LogP contribution is -2.05. The fraction of sp³-hybridized carbons (Fsp3) is 0.936. The van der Waals surface area contributed by atoms with E-state index in [1.807, 2.05) is 0 Å². The molecule has 2 heteroatoms.